The van der Waals surface area contributed by atoms with Crippen molar-refractivity contribution in [3.05, 3.63) is 29.3 Å². The lowest BCUT2D eigenvalue weighted by Crippen LogP contribution is -2.39. The van der Waals surface area contributed by atoms with Gasteiger partial charge in [-0.15, -0.1) is 0 Å². The van der Waals surface area contributed by atoms with Crippen molar-refractivity contribution in [1.82, 2.24) is 10.6 Å². The highest BCUT2D eigenvalue weighted by Gasteiger charge is 2.25. The number of urea groups is 1. The normalized spacial score (nSPS) is 20.7. The summed E-state index contributed by atoms with van der Waals surface area (Å²) in [7, 11) is 0. The quantitative estimate of drug-likeness (QED) is 0.755. The van der Waals surface area contributed by atoms with E-state index in [9.17, 15) is 9.90 Å². The molecule has 2 rings (SSSR count). The number of ether oxygens (including phenoxy) is 1. The molecule has 0 radical (unpaired) electrons. The number of carbonyl (C=O) groups excluding carboxylic acids is 1. The average Bonchev–Trinajstić information content (AvgIpc) is 2.91. The Kier molecular flexibility index (Phi) is 6.07. The first-order chi connectivity index (χ1) is 10.6. The number of aliphatic hydroxyl groups is 1. The van der Waals surface area contributed by atoms with E-state index in [0.717, 1.165) is 36.1 Å². The molecule has 1 saturated carbocycles. The lowest BCUT2D eigenvalue weighted by Gasteiger charge is -2.15. The zero-order chi connectivity index (χ0) is 15.9. The molecule has 2 amide bonds. The molecule has 0 spiro atoms. The van der Waals surface area contributed by atoms with Gasteiger partial charge in [0, 0.05) is 19.0 Å². The Labute approximate surface area is 132 Å². The molecular formula is C17H26N2O3. The highest BCUT2D eigenvalue weighted by atomic mass is 16.5. The highest BCUT2D eigenvalue weighted by Crippen LogP contribution is 2.24. The van der Waals surface area contributed by atoms with Gasteiger partial charge in [0.25, 0.3) is 0 Å². The Balaban J connectivity index is 1.75. The molecule has 2 unspecified atom stereocenters. The molecule has 3 N–H and O–H groups in total. The van der Waals surface area contributed by atoms with Crippen LogP contribution in [0.5, 0.6) is 5.75 Å². The van der Waals surface area contributed by atoms with Gasteiger partial charge in [-0.05, 0) is 43.9 Å². The van der Waals surface area contributed by atoms with Crippen molar-refractivity contribution in [2.75, 3.05) is 13.2 Å². The summed E-state index contributed by atoms with van der Waals surface area (Å²) < 4.78 is 5.50. The van der Waals surface area contributed by atoms with E-state index in [4.69, 9.17) is 4.74 Å². The molecule has 1 aliphatic rings. The largest absolute Gasteiger partial charge is 0.494 e. The van der Waals surface area contributed by atoms with E-state index in [1.807, 2.05) is 32.0 Å². The van der Waals surface area contributed by atoms with Gasteiger partial charge in [-0.25, -0.2) is 4.79 Å². The van der Waals surface area contributed by atoms with Gasteiger partial charge in [-0.1, -0.05) is 18.6 Å². The lowest BCUT2D eigenvalue weighted by molar-refractivity contribution is 0.132. The molecule has 122 valence electrons. The maximum Gasteiger partial charge on any atom is 0.315 e. The van der Waals surface area contributed by atoms with Crippen LogP contribution in [0.2, 0.25) is 0 Å². The van der Waals surface area contributed by atoms with Gasteiger partial charge < -0.3 is 20.5 Å². The Morgan fingerprint density at radius 3 is 2.82 bits per heavy atom. The third-order valence-electron chi connectivity index (χ3n) is 4.14. The predicted octanol–water partition coefficient (Wildman–Crippen LogP) is 2.35. The fourth-order valence-electron chi connectivity index (χ4n) is 2.86. The van der Waals surface area contributed by atoms with E-state index < -0.39 is 0 Å². The first-order valence-electron chi connectivity index (χ1n) is 8.02. The van der Waals surface area contributed by atoms with Crippen molar-refractivity contribution in [3.8, 4) is 5.75 Å². The number of hydrogen-bond donors (Lipinski definition) is 3. The summed E-state index contributed by atoms with van der Waals surface area (Å²) in [4.78, 5) is 11.8. The number of nitrogens with one attached hydrogen (secondary N) is 2. The van der Waals surface area contributed by atoms with Gasteiger partial charge in [0.15, 0.2) is 0 Å². The first kappa shape index (κ1) is 16.6. The Morgan fingerprint density at radius 1 is 1.36 bits per heavy atom. The smallest absolute Gasteiger partial charge is 0.315 e. The number of aryl methyl sites for hydroxylation is 1. The summed E-state index contributed by atoms with van der Waals surface area (Å²) in [5.41, 5.74) is 2.10. The van der Waals surface area contributed by atoms with Gasteiger partial charge in [0.1, 0.15) is 5.75 Å². The van der Waals surface area contributed by atoms with Crippen LogP contribution in [0.1, 0.15) is 37.3 Å². The summed E-state index contributed by atoms with van der Waals surface area (Å²) in [6.07, 6.45) is 2.61. The van der Waals surface area contributed by atoms with E-state index in [1.165, 1.54) is 0 Å². The summed E-state index contributed by atoms with van der Waals surface area (Å²) in [5.74, 6) is 1.07. The SMILES string of the molecule is CCOc1ccc(CNC(=O)NCC2CCCC2O)cc1C. The highest BCUT2D eigenvalue weighted by molar-refractivity contribution is 5.73. The molecule has 0 bridgehead atoms. The van der Waals surface area contributed by atoms with Crippen molar-refractivity contribution >= 4 is 6.03 Å². The second-order valence-electron chi connectivity index (χ2n) is 5.85. The minimum Gasteiger partial charge on any atom is -0.494 e. The van der Waals surface area contributed by atoms with Crippen LogP contribution in [0.25, 0.3) is 0 Å². The lowest BCUT2D eigenvalue weighted by atomic mass is 10.1. The van der Waals surface area contributed by atoms with Gasteiger partial charge in [-0.2, -0.15) is 0 Å². The van der Waals surface area contributed by atoms with Gasteiger partial charge in [0.05, 0.1) is 12.7 Å². The van der Waals surface area contributed by atoms with Crippen LogP contribution in [-0.4, -0.2) is 30.4 Å². The summed E-state index contributed by atoms with van der Waals surface area (Å²) in [5, 5.41) is 15.4. The van der Waals surface area contributed by atoms with Crippen LogP contribution in [0.4, 0.5) is 4.79 Å². The van der Waals surface area contributed by atoms with Gasteiger partial charge in [0.2, 0.25) is 0 Å². The molecule has 1 fully saturated rings. The topological polar surface area (TPSA) is 70.6 Å². The number of hydrogen-bond acceptors (Lipinski definition) is 3. The monoisotopic (exact) mass is 306 g/mol. The van der Waals surface area contributed by atoms with Crippen molar-refractivity contribution in [2.45, 2.75) is 45.8 Å². The van der Waals surface area contributed by atoms with Crippen LogP contribution >= 0.6 is 0 Å². The Morgan fingerprint density at radius 2 is 2.18 bits per heavy atom. The molecule has 1 aliphatic carbocycles. The van der Waals surface area contributed by atoms with Crippen molar-refractivity contribution in [2.24, 2.45) is 5.92 Å². The van der Waals surface area contributed by atoms with Gasteiger partial charge in [-0.3, -0.25) is 0 Å². The second-order valence-corrected chi connectivity index (χ2v) is 5.85. The van der Waals surface area contributed by atoms with Crippen LogP contribution in [0.3, 0.4) is 0 Å². The van der Waals surface area contributed by atoms with Crippen molar-refractivity contribution < 1.29 is 14.6 Å². The fraction of sp³-hybridized carbons (Fsp3) is 0.588. The molecule has 1 aromatic rings. The van der Waals surface area contributed by atoms with Crippen molar-refractivity contribution in [1.29, 1.82) is 0 Å². The summed E-state index contributed by atoms with van der Waals surface area (Å²) in [6.45, 7) is 5.62. The average molecular weight is 306 g/mol. The molecule has 5 nitrogen and oxygen atoms in total. The maximum absolute atomic E-state index is 11.8. The minimum atomic E-state index is -0.269. The standard InChI is InChI=1S/C17H26N2O3/c1-3-22-16-8-7-13(9-12(16)2)10-18-17(21)19-11-14-5-4-6-15(14)20/h7-9,14-15,20H,3-6,10-11H2,1-2H3,(H2,18,19,21). The number of benzene rings is 1. The number of amides is 2. The number of aliphatic hydroxyl groups excluding tert-OH is 1. The zero-order valence-electron chi connectivity index (χ0n) is 13.4. The van der Waals surface area contributed by atoms with Crippen LogP contribution < -0.4 is 15.4 Å². The predicted molar refractivity (Wildman–Crippen MR) is 85.9 cm³/mol. The van der Waals surface area contributed by atoms with E-state index in [0.29, 0.717) is 19.7 Å². The Bertz CT molecular complexity index is 505. The molecule has 0 heterocycles. The fourth-order valence-corrected chi connectivity index (χ4v) is 2.86. The maximum atomic E-state index is 11.8. The van der Waals surface area contributed by atoms with Crippen molar-refractivity contribution in [3.63, 3.8) is 0 Å². The first-order valence-corrected chi connectivity index (χ1v) is 8.02. The van der Waals surface area contributed by atoms with E-state index in [2.05, 4.69) is 10.6 Å². The van der Waals surface area contributed by atoms with Crippen LogP contribution in [-0.2, 0) is 6.54 Å². The number of carbonyl (C=O) groups is 1. The molecule has 22 heavy (non-hydrogen) atoms. The summed E-state index contributed by atoms with van der Waals surface area (Å²) in [6, 6.07) is 5.72. The minimum absolute atomic E-state index is 0.189. The molecule has 0 aromatic heterocycles. The third kappa shape index (κ3) is 4.63. The Hall–Kier alpha value is -1.75. The third-order valence-corrected chi connectivity index (χ3v) is 4.14. The molecule has 0 saturated heterocycles. The molecule has 0 aliphatic heterocycles. The van der Waals surface area contributed by atoms with E-state index in [-0.39, 0.29) is 18.1 Å². The van der Waals surface area contributed by atoms with Crippen LogP contribution in [0.15, 0.2) is 18.2 Å². The molecule has 5 heteroatoms. The molecule has 1 aromatic carbocycles. The molecular weight excluding hydrogens is 280 g/mol. The number of rotatable bonds is 6. The molecule has 2 atom stereocenters. The van der Waals surface area contributed by atoms with E-state index >= 15 is 0 Å². The van der Waals surface area contributed by atoms with Crippen LogP contribution in [0, 0.1) is 12.8 Å². The zero-order valence-corrected chi connectivity index (χ0v) is 13.4. The van der Waals surface area contributed by atoms with Gasteiger partial charge >= 0.3 is 6.03 Å². The van der Waals surface area contributed by atoms with E-state index in [1.54, 1.807) is 0 Å². The second kappa shape index (κ2) is 8.03. The summed E-state index contributed by atoms with van der Waals surface area (Å²) >= 11 is 0.